The van der Waals surface area contributed by atoms with Gasteiger partial charge in [0.2, 0.25) is 5.91 Å². The van der Waals surface area contributed by atoms with Crippen molar-refractivity contribution in [3.63, 3.8) is 0 Å². The Kier molecular flexibility index (Phi) is 5.84. The van der Waals surface area contributed by atoms with Gasteiger partial charge in [0.1, 0.15) is 5.82 Å². The van der Waals surface area contributed by atoms with Crippen molar-refractivity contribution in [3.05, 3.63) is 95.8 Å². The third-order valence-electron chi connectivity index (χ3n) is 3.95. The molecule has 0 aliphatic carbocycles. The Morgan fingerprint density at radius 2 is 1.78 bits per heavy atom. The van der Waals surface area contributed by atoms with Gasteiger partial charge in [-0.2, -0.15) is 0 Å². The van der Waals surface area contributed by atoms with E-state index in [0.717, 1.165) is 16.8 Å². The molecule has 0 unspecified atom stereocenters. The largest absolute Gasteiger partial charge is 0.397 e. The molecule has 0 heterocycles. The number of hydrogen-bond acceptors (Lipinski definition) is 3. The lowest BCUT2D eigenvalue weighted by Gasteiger charge is -2.07. The highest BCUT2D eigenvalue weighted by atomic mass is 19.1. The number of nitrogens with one attached hydrogen (secondary N) is 2. The van der Waals surface area contributed by atoms with Crippen molar-refractivity contribution in [2.45, 2.75) is 6.54 Å². The highest BCUT2D eigenvalue weighted by Crippen LogP contribution is 2.17. The normalized spacial score (nSPS) is 10.7. The summed E-state index contributed by atoms with van der Waals surface area (Å²) in [6.45, 7) is 0.585. The van der Waals surface area contributed by atoms with Gasteiger partial charge in [-0.05, 0) is 47.5 Å². The van der Waals surface area contributed by atoms with Gasteiger partial charge in [0, 0.05) is 18.3 Å². The van der Waals surface area contributed by atoms with E-state index in [1.807, 2.05) is 42.5 Å². The fraction of sp³-hybridized carbons (Fsp3) is 0.0455. The summed E-state index contributed by atoms with van der Waals surface area (Å²) in [5.74, 6) is -0.513. The first-order valence-electron chi connectivity index (χ1n) is 8.52. The minimum Gasteiger partial charge on any atom is -0.397 e. The molecule has 3 rings (SSSR count). The van der Waals surface area contributed by atoms with Gasteiger partial charge < -0.3 is 16.4 Å². The molecular formula is C22H20FN3O. The zero-order valence-electron chi connectivity index (χ0n) is 14.7. The van der Waals surface area contributed by atoms with Crippen LogP contribution in [0.4, 0.5) is 21.5 Å². The standard InChI is InChI=1S/C22H20FN3O/c23-18-4-3-5-19(14-18)25-15-17-10-8-16(9-11-17)12-13-22(27)26-21-7-2-1-6-20(21)24/h1-14,25H,15,24H2,(H,26,27)/b13-12+. The molecule has 136 valence electrons. The van der Waals surface area contributed by atoms with E-state index in [1.54, 1.807) is 24.3 Å². The van der Waals surface area contributed by atoms with Crippen LogP contribution < -0.4 is 16.4 Å². The second kappa shape index (κ2) is 8.67. The average molecular weight is 361 g/mol. The highest BCUT2D eigenvalue weighted by molar-refractivity contribution is 6.03. The Hall–Kier alpha value is -3.60. The highest BCUT2D eigenvalue weighted by Gasteiger charge is 2.01. The molecule has 3 aromatic carbocycles. The van der Waals surface area contributed by atoms with Crippen LogP contribution in [0.5, 0.6) is 0 Å². The molecule has 0 bridgehead atoms. The maximum Gasteiger partial charge on any atom is 0.248 e. The Morgan fingerprint density at radius 3 is 2.52 bits per heavy atom. The summed E-state index contributed by atoms with van der Waals surface area (Å²) < 4.78 is 13.2. The van der Waals surface area contributed by atoms with E-state index in [9.17, 15) is 9.18 Å². The van der Waals surface area contributed by atoms with Gasteiger partial charge in [0.15, 0.2) is 0 Å². The number of nitrogens with two attached hydrogens (primary N) is 1. The van der Waals surface area contributed by atoms with Crippen LogP contribution in [0.1, 0.15) is 11.1 Å². The first-order valence-corrected chi connectivity index (χ1v) is 8.52. The molecule has 0 fully saturated rings. The van der Waals surface area contributed by atoms with Crippen molar-refractivity contribution >= 4 is 29.0 Å². The molecule has 0 aliphatic rings. The van der Waals surface area contributed by atoms with Gasteiger partial charge in [-0.25, -0.2) is 4.39 Å². The first kappa shape index (κ1) is 18.2. The average Bonchev–Trinajstić information content (AvgIpc) is 2.67. The minimum absolute atomic E-state index is 0.246. The smallest absolute Gasteiger partial charge is 0.248 e. The lowest BCUT2D eigenvalue weighted by atomic mass is 10.1. The van der Waals surface area contributed by atoms with Gasteiger partial charge in [-0.15, -0.1) is 0 Å². The van der Waals surface area contributed by atoms with Crippen LogP contribution in [-0.4, -0.2) is 5.91 Å². The summed E-state index contributed by atoms with van der Waals surface area (Å²) in [7, 11) is 0. The number of anilines is 3. The Bertz CT molecular complexity index is 952. The number of hydrogen-bond donors (Lipinski definition) is 3. The SMILES string of the molecule is Nc1ccccc1NC(=O)/C=C/c1ccc(CNc2cccc(F)c2)cc1. The fourth-order valence-electron chi connectivity index (χ4n) is 2.51. The molecule has 0 aromatic heterocycles. The fourth-order valence-corrected chi connectivity index (χ4v) is 2.51. The predicted molar refractivity (Wildman–Crippen MR) is 109 cm³/mol. The van der Waals surface area contributed by atoms with Gasteiger partial charge in [0.05, 0.1) is 11.4 Å². The molecule has 0 aliphatic heterocycles. The van der Waals surface area contributed by atoms with Crippen molar-refractivity contribution < 1.29 is 9.18 Å². The number of halogens is 1. The van der Waals surface area contributed by atoms with E-state index >= 15 is 0 Å². The summed E-state index contributed by atoms with van der Waals surface area (Å²) in [6, 6.07) is 21.2. The maximum absolute atomic E-state index is 13.2. The second-order valence-electron chi connectivity index (χ2n) is 6.02. The zero-order chi connectivity index (χ0) is 19.1. The number of benzene rings is 3. The Balaban J connectivity index is 1.54. The van der Waals surface area contributed by atoms with Crippen LogP contribution >= 0.6 is 0 Å². The van der Waals surface area contributed by atoms with E-state index in [1.165, 1.54) is 18.2 Å². The second-order valence-corrected chi connectivity index (χ2v) is 6.02. The lowest BCUT2D eigenvalue weighted by Crippen LogP contribution is -2.09. The van der Waals surface area contributed by atoms with Gasteiger partial charge >= 0.3 is 0 Å². The van der Waals surface area contributed by atoms with Crippen LogP contribution in [0.3, 0.4) is 0 Å². The summed E-state index contributed by atoms with van der Waals surface area (Å²) >= 11 is 0. The van der Waals surface area contributed by atoms with Crippen LogP contribution in [-0.2, 0) is 11.3 Å². The van der Waals surface area contributed by atoms with E-state index in [4.69, 9.17) is 5.73 Å². The molecule has 4 N–H and O–H groups in total. The van der Waals surface area contributed by atoms with Crippen molar-refractivity contribution in [1.82, 2.24) is 0 Å². The molecule has 0 saturated carbocycles. The Morgan fingerprint density at radius 1 is 1.00 bits per heavy atom. The molecule has 0 saturated heterocycles. The number of para-hydroxylation sites is 2. The summed E-state index contributed by atoms with van der Waals surface area (Å²) in [5, 5.41) is 5.91. The van der Waals surface area contributed by atoms with E-state index < -0.39 is 0 Å². The quantitative estimate of drug-likeness (QED) is 0.441. The molecule has 3 aromatic rings. The van der Waals surface area contributed by atoms with Gasteiger partial charge in [0.25, 0.3) is 0 Å². The third kappa shape index (κ3) is 5.44. The molecule has 27 heavy (non-hydrogen) atoms. The topological polar surface area (TPSA) is 67.1 Å². The molecule has 1 amide bonds. The molecule has 0 spiro atoms. The minimum atomic E-state index is -0.268. The molecule has 0 atom stereocenters. The van der Waals surface area contributed by atoms with Crippen LogP contribution in [0.25, 0.3) is 6.08 Å². The van der Waals surface area contributed by atoms with E-state index in [0.29, 0.717) is 17.9 Å². The molecule has 0 radical (unpaired) electrons. The number of carbonyl (C=O) groups excluding carboxylic acids is 1. The van der Waals surface area contributed by atoms with Crippen LogP contribution in [0.2, 0.25) is 0 Å². The molecule has 5 heteroatoms. The summed E-state index contributed by atoms with van der Waals surface area (Å²) in [5.41, 5.74) is 9.61. The molecular weight excluding hydrogens is 341 g/mol. The van der Waals surface area contributed by atoms with Crippen LogP contribution in [0.15, 0.2) is 78.9 Å². The van der Waals surface area contributed by atoms with Gasteiger partial charge in [-0.1, -0.05) is 42.5 Å². The number of nitrogen functional groups attached to an aromatic ring is 1. The van der Waals surface area contributed by atoms with Crippen molar-refractivity contribution in [2.24, 2.45) is 0 Å². The van der Waals surface area contributed by atoms with Crippen molar-refractivity contribution in [1.29, 1.82) is 0 Å². The summed E-state index contributed by atoms with van der Waals surface area (Å²) in [4.78, 5) is 12.0. The predicted octanol–water partition coefficient (Wildman–Crippen LogP) is 4.67. The first-order chi connectivity index (χ1) is 13.1. The lowest BCUT2D eigenvalue weighted by molar-refractivity contribution is -0.111. The number of amides is 1. The molecule has 4 nitrogen and oxygen atoms in total. The van der Waals surface area contributed by atoms with Crippen LogP contribution in [0, 0.1) is 5.82 Å². The zero-order valence-corrected chi connectivity index (χ0v) is 14.7. The van der Waals surface area contributed by atoms with Gasteiger partial charge in [-0.3, -0.25) is 4.79 Å². The number of carbonyl (C=O) groups is 1. The third-order valence-corrected chi connectivity index (χ3v) is 3.95. The van der Waals surface area contributed by atoms with E-state index in [2.05, 4.69) is 10.6 Å². The summed E-state index contributed by atoms with van der Waals surface area (Å²) in [6.07, 6.45) is 3.20. The Labute approximate surface area is 157 Å². The van der Waals surface area contributed by atoms with Crippen molar-refractivity contribution in [2.75, 3.05) is 16.4 Å². The van der Waals surface area contributed by atoms with Crippen molar-refractivity contribution in [3.8, 4) is 0 Å². The van der Waals surface area contributed by atoms with E-state index in [-0.39, 0.29) is 11.7 Å². The maximum atomic E-state index is 13.2. The number of rotatable bonds is 6. The monoisotopic (exact) mass is 361 g/mol.